The number of nitrogens with one attached hydrogen (secondary N) is 1. The lowest BCUT2D eigenvalue weighted by atomic mass is 9.74. The van der Waals surface area contributed by atoms with Crippen LogP contribution in [-0.4, -0.2) is 26.0 Å². The second kappa shape index (κ2) is 3.53. The Hall–Kier alpha value is -1.42. The second-order valence-electron chi connectivity index (χ2n) is 4.83. The van der Waals surface area contributed by atoms with Crippen molar-refractivity contribution >= 4 is 11.6 Å². The third kappa shape index (κ3) is 1.27. The molecule has 3 nitrogen and oxygen atoms in total. The van der Waals surface area contributed by atoms with E-state index in [-0.39, 0.29) is 11.7 Å². The van der Waals surface area contributed by atoms with E-state index in [1.165, 1.54) is 11.0 Å². The van der Waals surface area contributed by atoms with Gasteiger partial charge in [0.2, 0.25) is 5.91 Å². The maximum atomic E-state index is 13.8. The van der Waals surface area contributed by atoms with Crippen molar-refractivity contribution in [3.63, 3.8) is 0 Å². The first-order chi connectivity index (χ1) is 8.17. The van der Waals surface area contributed by atoms with Gasteiger partial charge in [-0.3, -0.25) is 4.79 Å². The van der Waals surface area contributed by atoms with Gasteiger partial charge in [-0.25, -0.2) is 4.39 Å². The molecule has 0 aliphatic carbocycles. The predicted molar refractivity (Wildman–Crippen MR) is 63.6 cm³/mol. The van der Waals surface area contributed by atoms with Gasteiger partial charge in [0.25, 0.3) is 0 Å². The molecule has 1 N–H and O–H groups in total. The number of rotatable bonds is 0. The molecule has 1 aromatic rings. The highest BCUT2D eigenvalue weighted by Gasteiger charge is 2.50. The maximum Gasteiger partial charge on any atom is 0.237 e. The van der Waals surface area contributed by atoms with Gasteiger partial charge in [-0.05, 0) is 37.6 Å². The molecule has 0 unspecified atom stereocenters. The topological polar surface area (TPSA) is 32.3 Å². The van der Waals surface area contributed by atoms with Crippen molar-refractivity contribution in [1.82, 2.24) is 5.32 Å². The molecule has 3 rings (SSSR count). The number of benzene rings is 1. The van der Waals surface area contributed by atoms with Crippen LogP contribution in [0.5, 0.6) is 0 Å². The zero-order chi connectivity index (χ0) is 12.0. The number of halogens is 1. The van der Waals surface area contributed by atoms with Crippen LogP contribution in [0.3, 0.4) is 0 Å². The summed E-state index contributed by atoms with van der Waals surface area (Å²) in [6, 6.07) is 5.01. The summed E-state index contributed by atoms with van der Waals surface area (Å²) in [5.41, 5.74) is 0.850. The molecule has 0 bridgehead atoms. The largest absolute Gasteiger partial charge is 0.317 e. The van der Waals surface area contributed by atoms with Crippen LogP contribution in [0.25, 0.3) is 0 Å². The van der Waals surface area contributed by atoms with E-state index in [4.69, 9.17) is 0 Å². The summed E-state index contributed by atoms with van der Waals surface area (Å²) in [7, 11) is 1.67. The van der Waals surface area contributed by atoms with Crippen molar-refractivity contribution in [1.29, 1.82) is 0 Å². The first-order valence-electron chi connectivity index (χ1n) is 5.95. The lowest BCUT2D eigenvalue weighted by Gasteiger charge is -2.32. The van der Waals surface area contributed by atoms with Gasteiger partial charge in [0.05, 0.1) is 11.1 Å². The molecule has 2 heterocycles. The zero-order valence-electron chi connectivity index (χ0n) is 9.79. The fourth-order valence-electron chi connectivity index (χ4n) is 3.12. The van der Waals surface area contributed by atoms with Gasteiger partial charge in [0.15, 0.2) is 0 Å². The average Bonchev–Trinajstić information content (AvgIpc) is 2.55. The maximum absolute atomic E-state index is 13.8. The molecule has 1 aromatic carbocycles. The van der Waals surface area contributed by atoms with Crippen LogP contribution < -0.4 is 10.2 Å². The third-order valence-electron chi connectivity index (χ3n) is 4.01. The number of amides is 1. The summed E-state index contributed by atoms with van der Waals surface area (Å²) >= 11 is 0. The number of fused-ring (bicyclic) bond motifs is 2. The first-order valence-corrected chi connectivity index (χ1v) is 5.95. The number of hydrogen-bond acceptors (Lipinski definition) is 2. The van der Waals surface area contributed by atoms with E-state index in [1.807, 2.05) is 6.07 Å². The summed E-state index contributed by atoms with van der Waals surface area (Å²) in [6.45, 7) is 1.63. The fourth-order valence-corrected chi connectivity index (χ4v) is 3.12. The van der Waals surface area contributed by atoms with Crippen LogP contribution >= 0.6 is 0 Å². The number of hydrogen-bond donors (Lipinski definition) is 1. The molecule has 2 aliphatic heterocycles. The summed E-state index contributed by atoms with van der Waals surface area (Å²) in [5, 5.41) is 3.25. The van der Waals surface area contributed by atoms with E-state index < -0.39 is 5.41 Å². The first kappa shape index (κ1) is 10.7. The number of likely N-dealkylation sites (N-methyl/N-ethyl adjacent to an activating group) is 1. The van der Waals surface area contributed by atoms with Gasteiger partial charge in [-0.1, -0.05) is 12.1 Å². The molecule has 0 saturated carbocycles. The van der Waals surface area contributed by atoms with Crippen molar-refractivity contribution in [2.45, 2.75) is 18.3 Å². The van der Waals surface area contributed by atoms with Crippen LogP contribution in [0.15, 0.2) is 18.2 Å². The highest BCUT2D eigenvalue weighted by molar-refractivity contribution is 6.08. The highest BCUT2D eigenvalue weighted by atomic mass is 19.1. The minimum atomic E-state index is -0.489. The van der Waals surface area contributed by atoms with Crippen LogP contribution in [0.1, 0.15) is 18.4 Å². The van der Waals surface area contributed by atoms with E-state index in [0.717, 1.165) is 31.5 Å². The number of carbonyl (C=O) groups excluding carboxylic acids is 1. The molecule has 1 fully saturated rings. The summed E-state index contributed by atoms with van der Waals surface area (Å²) in [4.78, 5) is 13.9. The smallest absolute Gasteiger partial charge is 0.237 e. The van der Waals surface area contributed by atoms with Crippen molar-refractivity contribution in [2.24, 2.45) is 0 Å². The van der Waals surface area contributed by atoms with Crippen molar-refractivity contribution in [3.05, 3.63) is 29.6 Å². The number of nitrogens with zero attached hydrogens (tertiary/aromatic N) is 1. The quantitative estimate of drug-likeness (QED) is 0.736. The summed E-state index contributed by atoms with van der Waals surface area (Å²) < 4.78 is 13.8. The van der Waals surface area contributed by atoms with E-state index in [1.54, 1.807) is 13.1 Å². The molecule has 90 valence electrons. The fraction of sp³-hybridized carbons (Fsp3) is 0.462. The highest BCUT2D eigenvalue weighted by Crippen LogP contribution is 2.47. The van der Waals surface area contributed by atoms with E-state index in [2.05, 4.69) is 5.32 Å². The minimum Gasteiger partial charge on any atom is -0.317 e. The number of para-hydroxylation sites is 1. The molecule has 1 amide bonds. The SMILES string of the molecule is CN1C(=O)C2(CCNCC2)c2cccc(F)c21. The van der Waals surface area contributed by atoms with Gasteiger partial charge >= 0.3 is 0 Å². The van der Waals surface area contributed by atoms with Gasteiger partial charge in [0, 0.05) is 7.05 Å². The van der Waals surface area contributed by atoms with E-state index >= 15 is 0 Å². The van der Waals surface area contributed by atoms with E-state index in [9.17, 15) is 9.18 Å². The molecule has 0 atom stereocenters. The van der Waals surface area contributed by atoms with Crippen molar-refractivity contribution in [2.75, 3.05) is 25.0 Å². The van der Waals surface area contributed by atoms with Crippen molar-refractivity contribution < 1.29 is 9.18 Å². The molecule has 1 saturated heterocycles. The Bertz CT molecular complexity index is 480. The Morgan fingerprint density at radius 1 is 1.35 bits per heavy atom. The van der Waals surface area contributed by atoms with Crippen LogP contribution in [0.2, 0.25) is 0 Å². The molecule has 2 aliphatic rings. The van der Waals surface area contributed by atoms with Gasteiger partial charge in [-0.15, -0.1) is 0 Å². The standard InChI is InChI=1S/C13H15FN2O/c1-16-11-9(3-2-4-10(11)14)13(12(16)17)5-7-15-8-6-13/h2-4,15H,5-8H2,1H3. The third-order valence-corrected chi connectivity index (χ3v) is 4.01. The summed E-state index contributed by atoms with van der Waals surface area (Å²) in [6.07, 6.45) is 1.51. The van der Waals surface area contributed by atoms with Gasteiger partial charge in [0.1, 0.15) is 5.82 Å². The van der Waals surface area contributed by atoms with Crippen molar-refractivity contribution in [3.8, 4) is 0 Å². The van der Waals surface area contributed by atoms with Crippen LogP contribution in [0.4, 0.5) is 10.1 Å². The van der Waals surface area contributed by atoms with Crippen LogP contribution in [-0.2, 0) is 10.2 Å². The number of carbonyl (C=O) groups is 1. The average molecular weight is 234 g/mol. The zero-order valence-corrected chi connectivity index (χ0v) is 9.79. The Balaban J connectivity index is 2.20. The van der Waals surface area contributed by atoms with Gasteiger partial charge in [-0.2, -0.15) is 0 Å². The molecule has 0 aromatic heterocycles. The molecule has 1 spiro atoms. The predicted octanol–water partition coefficient (Wildman–Crippen LogP) is 1.42. The molecule has 4 heteroatoms. The Kier molecular flexibility index (Phi) is 2.23. The lowest BCUT2D eigenvalue weighted by molar-refractivity contribution is -0.123. The molecular formula is C13H15FN2O. The lowest BCUT2D eigenvalue weighted by Crippen LogP contribution is -2.46. The second-order valence-corrected chi connectivity index (χ2v) is 4.83. The monoisotopic (exact) mass is 234 g/mol. The molecular weight excluding hydrogens is 219 g/mol. The Morgan fingerprint density at radius 3 is 2.76 bits per heavy atom. The molecule has 17 heavy (non-hydrogen) atoms. The summed E-state index contributed by atoms with van der Waals surface area (Å²) in [5.74, 6) is -0.257. The van der Waals surface area contributed by atoms with Gasteiger partial charge < -0.3 is 10.2 Å². The normalized spacial score (nSPS) is 22.0. The Morgan fingerprint density at radius 2 is 2.06 bits per heavy atom. The Labute approximate surface area is 99.6 Å². The van der Waals surface area contributed by atoms with E-state index in [0.29, 0.717) is 5.69 Å². The number of piperidine rings is 1. The molecule has 0 radical (unpaired) electrons. The number of anilines is 1. The minimum absolute atomic E-state index is 0.0408. The van der Waals surface area contributed by atoms with Crippen LogP contribution in [0, 0.1) is 5.82 Å².